The van der Waals surface area contributed by atoms with Crippen molar-refractivity contribution in [2.24, 2.45) is 5.92 Å². The minimum atomic E-state index is 0.618. The molecule has 0 spiro atoms. The molecule has 18 heavy (non-hydrogen) atoms. The van der Waals surface area contributed by atoms with Crippen LogP contribution in [0.4, 0.5) is 0 Å². The van der Waals surface area contributed by atoms with Gasteiger partial charge in [-0.2, -0.15) is 0 Å². The molecule has 0 aromatic rings. The first-order chi connectivity index (χ1) is 8.81. The third kappa shape index (κ3) is 13.6. The third-order valence-electron chi connectivity index (χ3n) is 2.49. The topological polar surface area (TPSA) is 42.5 Å². The van der Waals surface area contributed by atoms with Gasteiger partial charge in [0.1, 0.15) is 0 Å². The summed E-state index contributed by atoms with van der Waals surface area (Å²) in [7, 11) is 0. The zero-order valence-electron chi connectivity index (χ0n) is 12.2. The third-order valence-corrected chi connectivity index (χ3v) is 2.49. The molecule has 1 unspecified atom stereocenters. The fraction of sp³-hybridized carbons (Fsp3) is 0.857. The molecule has 0 bridgehead atoms. The highest BCUT2D eigenvalue weighted by molar-refractivity contribution is 4.84. The monoisotopic (exact) mass is 258 g/mol. The lowest BCUT2D eigenvalue weighted by atomic mass is 10.1. The lowest BCUT2D eigenvalue weighted by Gasteiger charge is -2.10. The van der Waals surface area contributed by atoms with Gasteiger partial charge in [0.25, 0.3) is 0 Å². The zero-order valence-corrected chi connectivity index (χ0v) is 12.2. The summed E-state index contributed by atoms with van der Waals surface area (Å²) in [5.74, 6) is 0.662. The molecule has 0 radical (unpaired) electrons. The summed E-state index contributed by atoms with van der Waals surface area (Å²) < 4.78 is 10.7. The first kappa shape index (κ1) is 17.6. The summed E-state index contributed by atoms with van der Waals surface area (Å²) in [6.07, 6.45) is 6.66. The Morgan fingerprint density at radius 1 is 1.00 bits per heavy atom. The van der Waals surface area contributed by atoms with Gasteiger partial charge in [0, 0.05) is 19.7 Å². The van der Waals surface area contributed by atoms with E-state index in [1.807, 2.05) is 6.92 Å². The summed E-state index contributed by atoms with van der Waals surface area (Å²) in [5, 5.41) is 6.37. The lowest BCUT2D eigenvalue weighted by Crippen LogP contribution is -2.21. The SMILES string of the molecule is CCCC(C)COCNCC=CCNCOCC. The number of nitrogens with one attached hydrogen (secondary N) is 2. The Hall–Kier alpha value is -0.420. The van der Waals surface area contributed by atoms with E-state index in [0.717, 1.165) is 26.3 Å². The van der Waals surface area contributed by atoms with Gasteiger partial charge in [-0.25, -0.2) is 0 Å². The average Bonchev–Trinajstić information content (AvgIpc) is 2.36. The highest BCUT2D eigenvalue weighted by Crippen LogP contribution is 2.04. The molecule has 0 saturated carbocycles. The molecule has 1 atom stereocenters. The van der Waals surface area contributed by atoms with Gasteiger partial charge in [-0.15, -0.1) is 0 Å². The molecule has 4 heteroatoms. The molecule has 2 N–H and O–H groups in total. The summed E-state index contributed by atoms with van der Waals surface area (Å²) >= 11 is 0. The summed E-state index contributed by atoms with van der Waals surface area (Å²) in [6.45, 7) is 11.0. The summed E-state index contributed by atoms with van der Waals surface area (Å²) in [6, 6.07) is 0. The Kier molecular flexibility index (Phi) is 14.3. The van der Waals surface area contributed by atoms with Crippen molar-refractivity contribution < 1.29 is 9.47 Å². The number of rotatable bonds is 13. The highest BCUT2D eigenvalue weighted by Gasteiger charge is 1.99. The minimum Gasteiger partial charge on any atom is -0.367 e. The molecule has 0 aromatic heterocycles. The molecule has 0 heterocycles. The summed E-state index contributed by atoms with van der Waals surface area (Å²) in [4.78, 5) is 0. The molecule has 0 rings (SSSR count). The van der Waals surface area contributed by atoms with Gasteiger partial charge < -0.3 is 9.47 Å². The van der Waals surface area contributed by atoms with Crippen molar-refractivity contribution >= 4 is 0 Å². The Morgan fingerprint density at radius 3 is 2.17 bits per heavy atom. The van der Waals surface area contributed by atoms with Crippen LogP contribution in [0, 0.1) is 5.92 Å². The number of hydrogen-bond acceptors (Lipinski definition) is 4. The smallest absolute Gasteiger partial charge is 0.0967 e. The quantitative estimate of drug-likeness (QED) is 0.302. The van der Waals surface area contributed by atoms with Crippen LogP contribution in [0.1, 0.15) is 33.6 Å². The van der Waals surface area contributed by atoms with E-state index < -0.39 is 0 Å². The molecule has 0 aliphatic carbocycles. The normalized spacial score (nSPS) is 13.3. The Bertz CT molecular complexity index is 187. The van der Waals surface area contributed by atoms with Crippen LogP contribution >= 0.6 is 0 Å². The molecular formula is C14H30N2O2. The first-order valence-corrected chi connectivity index (χ1v) is 7.03. The van der Waals surface area contributed by atoms with Crippen LogP contribution in [0.2, 0.25) is 0 Å². The van der Waals surface area contributed by atoms with Crippen molar-refractivity contribution in [3.05, 3.63) is 12.2 Å². The van der Waals surface area contributed by atoms with Gasteiger partial charge in [-0.3, -0.25) is 10.6 Å². The van der Waals surface area contributed by atoms with Gasteiger partial charge in [0.05, 0.1) is 20.1 Å². The fourth-order valence-corrected chi connectivity index (χ4v) is 1.53. The highest BCUT2D eigenvalue weighted by atomic mass is 16.5. The van der Waals surface area contributed by atoms with Crippen LogP contribution in [0.3, 0.4) is 0 Å². The van der Waals surface area contributed by atoms with Gasteiger partial charge in [0.2, 0.25) is 0 Å². The second-order valence-corrected chi connectivity index (χ2v) is 4.43. The minimum absolute atomic E-state index is 0.618. The molecule has 0 aromatic carbocycles. The van der Waals surface area contributed by atoms with Gasteiger partial charge in [-0.05, 0) is 19.3 Å². The zero-order chi connectivity index (χ0) is 13.5. The molecular weight excluding hydrogens is 228 g/mol. The van der Waals surface area contributed by atoms with E-state index in [2.05, 4.69) is 36.6 Å². The van der Waals surface area contributed by atoms with E-state index in [1.54, 1.807) is 0 Å². The fourth-order valence-electron chi connectivity index (χ4n) is 1.53. The molecule has 4 nitrogen and oxygen atoms in total. The van der Waals surface area contributed by atoms with Crippen LogP contribution in [0.25, 0.3) is 0 Å². The van der Waals surface area contributed by atoms with Crippen molar-refractivity contribution in [2.75, 3.05) is 39.8 Å². The van der Waals surface area contributed by atoms with Crippen molar-refractivity contribution in [3.8, 4) is 0 Å². The molecule has 0 aliphatic heterocycles. The van der Waals surface area contributed by atoms with Crippen molar-refractivity contribution in [1.82, 2.24) is 10.6 Å². The maximum absolute atomic E-state index is 5.53. The van der Waals surface area contributed by atoms with E-state index in [4.69, 9.17) is 9.47 Å². The van der Waals surface area contributed by atoms with Gasteiger partial charge in [0.15, 0.2) is 0 Å². The van der Waals surface area contributed by atoms with Crippen LogP contribution in [-0.4, -0.2) is 39.8 Å². The van der Waals surface area contributed by atoms with E-state index in [1.165, 1.54) is 12.8 Å². The maximum atomic E-state index is 5.53. The number of ether oxygens (including phenoxy) is 2. The Balaban J connectivity index is 3.12. The number of hydrogen-bond donors (Lipinski definition) is 2. The molecule has 0 aliphatic rings. The first-order valence-electron chi connectivity index (χ1n) is 7.03. The van der Waals surface area contributed by atoms with Gasteiger partial charge in [-0.1, -0.05) is 32.4 Å². The second-order valence-electron chi connectivity index (χ2n) is 4.43. The standard InChI is InChI=1S/C14H30N2O2/c1-4-8-14(3)11-18-13-16-10-7-6-9-15-12-17-5-2/h6-7,14-16H,4-5,8-13H2,1-3H3. The predicted octanol–water partition coefficient (Wildman–Crippen LogP) is 2.13. The average molecular weight is 258 g/mol. The van der Waals surface area contributed by atoms with Gasteiger partial charge >= 0.3 is 0 Å². The maximum Gasteiger partial charge on any atom is 0.0967 e. The molecule has 108 valence electrons. The van der Waals surface area contributed by atoms with Crippen LogP contribution in [0.15, 0.2) is 12.2 Å². The Labute approximate surface area is 112 Å². The predicted molar refractivity (Wildman–Crippen MR) is 76.5 cm³/mol. The Morgan fingerprint density at radius 2 is 1.61 bits per heavy atom. The van der Waals surface area contributed by atoms with Crippen LogP contribution in [0.5, 0.6) is 0 Å². The molecule has 0 fully saturated rings. The summed E-state index contributed by atoms with van der Waals surface area (Å²) in [5.41, 5.74) is 0. The van der Waals surface area contributed by atoms with E-state index in [0.29, 0.717) is 19.4 Å². The van der Waals surface area contributed by atoms with Crippen molar-refractivity contribution in [2.45, 2.75) is 33.6 Å². The largest absolute Gasteiger partial charge is 0.367 e. The molecule has 0 amide bonds. The van der Waals surface area contributed by atoms with Crippen LogP contribution < -0.4 is 10.6 Å². The van der Waals surface area contributed by atoms with Crippen LogP contribution in [-0.2, 0) is 9.47 Å². The van der Waals surface area contributed by atoms with E-state index in [-0.39, 0.29) is 0 Å². The van der Waals surface area contributed by atoms with Crippen molar-refractivity contribution in [3.63, 3.8) is 0 Å². The van der Waals surface area contributed by atoms with E-state index >= 15 is 0 Å². The molecule has 0 saturated heterocycles. The lowest BCUT2D eigenvalue weighted by molar-refractivity contribution is 0.0891. The van der Waals surface area contributed by atoms with E-state index in [9.17, 15) is 0 Å². The second kappa shape index (κ2) is 14.6. The van der Waals surface area contributed by atoms with Crippen molar-refractivity contribution in [1.29, 1.82) is 0 Å².